The topological polar surface area (TPSA) is 99.9 Å². The van der Waals surface area contributed by atoms with Gasteiger partial charge in [0.1, 0.15) is 11.3 Å². The van der Waals surface area contributed by atoms with E-state index in [2.05, 4.69) is 0 Å². The summed E-state index contributed by atoms with van der Waals surface area (Å²) < 4.78 is 11.3. The molecule has 34 heavy (non-hydrogen) atoms. The number of piperidine rings is 1. The summed E-state index contributed by atoms with van der Waals surface area (Å²) in [6, 6.07) is 14.2. The summed E-state index contributed by atoms with van der Waals surface area (Å²) in [4.78, 5) is 38.6. The first kappa shape index (κ1) is 23.5. The molecular weight excluding hydrogens is 434 g/mol. The summed E-state index contributed by atoms with van der Waals surface area (Å²) in [5.74, 6) is -0.830. The Hall–Kier alpha value is -3.61. The Balaban J connectivity index is 1.50. The van der Waals surface area contributed by atoms with E-state index in [1.165, 1.54) is 6.07 Å². The highest BCUT2D eigenvalue weighted by Gasteiger charge is 2.38. The zero-order chi connectivity index (χ0) is 24.3. The molecule has 0 radical (unpaired) electrons. The Kier molecular flexibility index (Phi) is 6.72. The number of carboxylic acids is 1. The van der Waals surface area contributed by atoms with Crippen LogP contribution in [0.1, 0.15) is 42.9 Å². The van der Waals surface area contributed by atoms with E-state index in [4.69, 9.17) is 9.15 Å². The number of hydrogen-bond donors (Lipinski definition) is 0. The molecule has 0 bridgehead atoms. The van der Waals surface area contributed by atoms with Crippen molar-refractivity contribution in [3.05, 3.63) is 75.6 Å². The molecule has 0 spiro atoms. The molecule has 0 atom stereocenters. The highest BCUT2D eigenvalue weighted by molar-refractivity contribution is 5.88. The first-order valence-electron chi connectivity index (χ1n) is 11.6. The summed E-state index contributed by atoms with van der Waals surface area (Å²) in [7, 11) is 0. The van der Waals surface area contributed by atoms with Crippen molar-refractivity contribution in [3.63, 3.8) is 0 Å². The molecule has 1 amide bonds. The van der Waals surface area contributed by atoms with Crippen LogP contribution in [-0.2, 0) is 21.4 Å². The third-order valence-electron chi connectivity index (χ3n) is 6.59. The molecule has 7 nitrogen and oxygen atoms in total. The summed E-state index contributed by atoms with van der Waals surface area (Å²) in [6.07, 6.45) is 2.10. The molecular formula is C27H28NO6-. The molecule has 1 aromatic heterocycles. The largest absolute Gasteiger partial charge is 0.549 e. The molecule has 0 unspecified atom stereocenters. The maximum atomic E-state index is 12.9. The van der Waals surface area contributed by atoms with Gasteiger partial charge in [0.2, 0.25) is 0 Å². The van der Waals surface area contributed by atoms with Crippen molar-refractivity contribution in [2.75, 3.05) is 19.7 Å². The quantitative estimate of drug-likeness (QED) is 0.501. The zero-order valence-electron chi connectivity index (χ0n) is 19.5. The van der Waals surface area contributed by atoms with E-state index in [-0.39, 0.29) is 25.4 Å². The van der Waals surface area contributed by atoms with Crippen molar-refractivity contribution in [2.45, 2.75) is 44.9 Å². The zero-order valence-corrected chi connectivity index (χ0v) is 19.5. The lowest BCUT2D eigenvalue weighted by molar-refractivity contribution is -0.315. The SMILES string of the molecule is CCCc1cc(=O)oc2cc(C)cc(OCC(=O)N3CCC(C(=O)[O-])(c4ccccc4)CC3)c12. The van der Waals surface area contributed by atoms with Gasteiger partial charge in [-0.05, 0) is 55.0 Å². The second-order valence-corrected chi connectivity index (χ2v) is 8.88. The van der Waals surface area contributed by atoms with Crippen LogP contribution in [0.4, 0.5) is 0 Å². The molecule has 3 aromatic rings. The molecule has 1 saturated heterocycles. The summed E-state index contributed by atoms with van der Waals surface area (Å²) >= 11 is 0. The Morgan fingerprint density at radius 1 is 1.12 bits per heavy atom. The number of fused-ring (bicyclic) bond motifs is 1. The van der Waals surface area contributed by atoms with Crippen LogP contribution in [0, 0.1) is 6.92 Å². The van der Waals surface area contributed by atoms with Crippen molar-refractivity contribution in [1.82, 2.24) is 4.90 Å². The molecule has 7 heteroatoms. The smallest absolute Gasteiger partial charge is 0.336 e. The van der Waals surface area contributed by atoms with Crippen molar-refractivity contribution < 1.29 is 23.8 Å². The lowest BCUT2D eigenvalue weighted by atomic mass is 9.73. The predicted molar refractivity (Wildman–Crippen MR) is 126 cm³/mol. The monoisotopic (exact) mass is 462 g/mol. The third-order valence-corrected chi connectivity index (χ3v) is 6.59. The van der Waals surface area contributed by atoms with Crippen LogP contribution in [-0.4, -0.2) is 36.5 Å². The molecule has 1 aliphatic heterocycles. The second-order valence-electron chi connectivity index (χ2n) is 8.88. The molecule has 0 saturated carbocycles. The fraction of sp³-hybridized carbons (Fsp3) is 0.370. The van der Waals surface area contributed by atoms with Gasteiger partial charge in [-0.25, -0.2) is 4.79 Å². The Morgan fingerprint density at radius 2 is 1.82 bits per heavy atom. The van der Waals surface area contributed by atoms with Crippen molar-refractivity contribution >= 4 is 22.8 Å². The number of carboxylic acid groups (broad SMARTS) is 1. The predicted octanol–water partition coefficient (Wildman–Crippen LogP) is 2.74. The number of amides is 1. The number of likely N-dealkylation sites (tertiary alicyclic amines) is 1. The molecule has 1 aliphatic rings. The van der Waals surface area contributed by atoms with E-state index in [0.29, 0.717) is 41.8 Å². The normalized spacial score (nSPS) is 15.3. The number of benzene rings is 2. The van der Waals surface area contributed by atoms with Crippen LogP contribution in [0.15, 0.2) is 57.7 Å². The number of carbonyl (C=O) groups is 2. The van der Waals surface area contributed by atoms with Gasteiger partial charge in [-0.3, -0.25) is 4.79 Å². The van der Waals surface area contributed by atoms with E-state index in [1.807, 2.05) is 38.1 Å². The van der Waals surface area contributed by atoms with E-state index < -0.39 is 17.0 Å². The number of nitrogens with zero attached hydrogens (tertiary/aromatic N) is 1. The lowest BCUT2D eigenvalue weighted by Gasteiger charge is -2.42. The van der Waals surface area contributed by atoms with Gasteiger partial charge in [0.05, 0.1) is 11.4 Å². The summed E-state index contributed by atoms with van der Waals surface area (Å²) in [6.45, 7) is 4.31. The number of aliphatic carboxylic acids is 1. The third kappa shape index (κ3) is 4.55. The van der Waals surface area contributed by atoms with Gasteiger partial charge in [-0.2, -0.15) is 0 Å². The van der Waals surface area contributed by atoms with Crippen LogP contribution >= 0.6 is 0 Å². The molecule has 2 heterocycles. The van der Waals surface area contributed by atoms with Crippen molar-refractivity contribution in [1.29, 1.82) is 0 Å². The van der Waals surface area contributed by atoms with Gasteiger partial charge >= 0.3 is 5.63 Å². The molecule has 0 N–H and O–H groups in total. The summed E-state index contributed by atoms with van der Waals surface area (Å²) in [5, 5.41) is 12.8. The van der Waals surface area contributed by atoms with Crippen LogP contribution in [0.25, 0.3) is 11.0 Å². The van der Waals surface area contributed by atoms with E-state index in [1.54, 1.807) is 23.1 Å². The maximum absolute atomic E-state index is 12.9. The molecule has 1 fully saturated rings. The molecule has 4 rings (SSSR count). The second kappa shape index (κ2) is 9.71. The van der Waals surface area contributed by atoms with E-state index in [0.717, 1.165) is 17.5 Å². The van der Waals surface area contributed by atoms with Crippen LogP contribution in [0.5, 0.6) is 5.75 Å². The minimum Gasteiger partial charge on any atom is -0.549 e. The number of ether oxygens (including phenoxy) is 1. The Morgan fingerprint density at radius 3 is 2.47 bits per heavy atom. The van der Waals surface area contributed by atoms with Gasteiger partial charge < -0.3 is 24.0 Å². The van der Waals surface area contributed by atoms with Gasteiger partial charge in [0.15, 0.2) is 6.61 Å². The van der Waals surface area contributed by atoms with Gasteiger partial charge in [-0.1, -0.05) is 43.7 Å². The van der Waals surface area contributed by atoms with E-state index in [9.17, 15) is 19.5 Å². The van der Waals surface area contributed by atoms with Crippen LogP contribution < -0.4 is 15.5 Å². The van der Waals surface area contributed by atoms with Crippen molar-refractivity contribution in [2.24, 2.45) is 0 Å². The average molecular weight is 463 g/mol. The minimum absolute atomic E-state index is 0.188. The lowest BCUT2D eigenvalue weighted by Crippen LogP contribution is -2.54. The number of aryl methyl sites for hydroxylation is 2. The van der Waals surface area contributed by atoms with E-state index >= 15 is 0 Å². The standard InChI is InChI=1S/C27H29NO6/c1-3-7-19-16-24(30)34-22-15-18(2)14-21(25(19)22)33-17-23(29)28-12-10-27(11-13-28,26(31)32)20-8-5-4-6-9-20/h4-6,8-9,14-16H,3,7,10-13,17H2,1-2H3,(H,31,32)/p-1. The number of carbonyl (C=O) groups excluding carboxylic acids is 2. The maximum Gasteiger partial charge on any atom is 0.336 e. The average Bonchev–Trinajstić information content (AvgIpc) is 2.82. The highest BCUT2D eigenvalue weighted by Crippen LogP contribution is 2.35. The fourth-order valence-corrected chi connectivity index (χ4v) is 4.79. The first-order chi connectivity index (χ1) is 16.3. The number of rotatable bonds is 7. The van der Waals surface area contributed by atoms with Gasteiger partial charge in [0, 0.05) is 24.6 Å². The van der Waals surface area contributed by atoms with Crippen molar-refractivity contribution in [3.8, 4) is 5.75 Å². The first-order valence-corrected chi connectivity index (χ1v) is 11.6. The Labute approximate surface area is 198 Å². The van der Waals surface area contributed by atoms with Crippen LogP contribution in [0.2, 0.25) is 0 Å². The Bertz CT molecular complexity index is 1260. The highest BCUT2D eigenvalue weighted by atomic mass is 16.5. The molecule has 0 aliphatic carbocycles. The molecule has 2 aromatic carbocycles. The van der Waals surface area contributed by atoms with Gasteiger partial charge in [-0.15, -0.1) is 0 Å². The molecule has 178 valence electrons. The fourth-order valence-electron chi connectivity index (χ4n) is 4.79. The van der Waals surface area contributed by atoms with Gasteiger partial charge in [0.25, 0.3) is 5.91 Å². The minimum atomic E-state index is -1.11. The summed E-state index contributed by atoms with van der Waals surface area (Å²) in [5.41, 5.74) is 1.32. The number of hydrogen-bond acceptors (Lipinski definition) is 6. The van der Waals surface area contributed by atoms with Crippen LogP contribution in [0.3, 0.4) is 0 Å².